The van der Waals surface area contributed by atoms with Crippen LogP contribution in [0.25, 0.3) is 0 Å². The van der Waals surface area contributed by atoms with Gasteiger partial charge in [-0.2, -0.15) is 4.37 Å². The number of hydrogen-bond acceptors (Lipinski definition) is 5. The van der Waals surface area contributed by atoms with Gasteiger partial charge in [0.25, 0.3) is 0 Å². The molecule has 80 valence electrons. The fraction of sp³-hybridized carbons (Fsp3) is 0.778. The first-order chi connectivity index (χ1) is 6.67. The first-order valence-corrected chi connectivity index (χ1v) is 5.65. The minimum Gasteiger partial charge on any atom is -0.394 e. The highest BCUT2D eigenvalue weighted by atomic mass is 32.1. The topological polar surface area (TPSA) is 58.0 Å². The van der Waals surface area contributed by atoms with Gasteiger partial charge in [-0.15, -0.1) is 0 Å². The molecule has 5 heteroatoms. The molecule has 0 aliphatic rings. The van der Waals surface area contributed by atoms with E-state index in [-0.39, 0.29) is 12.6 Å². The molecule has 0 fully saturated rings. The number of nitrogens with one attached hydrogen (secondary N) is 1. The van der Waals surface area contributed by atoms with Crippen LogP contribution in [0.15, 0.2) is 0 Å². The SMILES string of the molecule is CC[C@H](CO)Nc1nc(C(C)C)ns1. The Kier molecular flexibility index (Phi) is 4.28. The maximum absolute atomic E-state index is 9.00. The van der Waals surface area contributed by atoms with E-state index in [0.29, 0.717) is 5.92 Å². The van der Waals surface area contributed by atoms with E-state index < -0.39 is 0 Å². The molecular formula is C9H17N3OS. The first kappa shape index (κ1) is 11.4. The summed E-state index contributed by atoms with van der Waals surface area (Å²) in [5.41, 5.74) is 0. The van der Waals surface area contributed by atoms with Crippen molar-refractivity contribution in [1.29, 1.82) is 0 Å². The highest BCUT2D eigenvalue weighted by molar-refractivity contribution is 7.09. The highest BCUT2D eigenvalue weighted by Crippen LogP contribution is 2.18. The molecule has 0 spiro atoms. The van der Waals surface area contributed by atoms with E-state index >= 15 is 0 Å². The van der Waals surface area contributed by atoms with Crippen molar-refractivity contribution in [2.75, 3.05) is 11.9 Å². The lowest BCUT2D eigenvalue weighted by atomic mass is 10.2. The Labute approximate surface area is 88.6 Å². The second kappa shape index (κ2) is 5.26. The molecule has 0 aliphatic heterocycles. The number of anilines is 1. The minimum absolute atomic E-state index is 0.0861. The third-order valence-corrected chi connectivity index (χ3v) is 2.66. The fourth-order valence-electron chi connectivity index (χ4n) is 0.979. The fourth-order valence-corrected chi connectivity index (χ4v) is 1.76. The zero-order chi connectivity index (χ0) is 10.6. The lowest BCUT2D eigenvalue weighted by Gasteiger charge is -2.11. The van der Waals surface area contributed by atoms with Gasteiger partial charge in [0, 0.05) is 17.5 Å². The van der Waals surface area contributed by atoms with Crippen molar-refractivity contribution < 1.29 is 5.11 Å². The van der Waals surface area contributed by atoms with E-state index in [0.717, 1.165) is 17.4 Å². The molecule has 1 rings (SSSR count). The second-order valence-electron chi connectivity index (χ2n) is 3.54. The van der Waals surface area contributed by atoms with Crippen LogP contribution in [0.3, 0.4) is 0 Å². The molecule has 2 N–H and O–H groups in total. The van der Waals surface area contributed by atoms with Gasteiger partial charge >= 0.3 is 0 Å². The highest BCUT2D eigenvalue weighted by Gasteiger charge is 2.10. The van der Waals surface area contributed by atoms with E-state index in [9.17, 15) is 0 Å². The minimum atomic E-state index is 0.0861. The standard InChI is InChI=1S/C9H17N3OS/c1-4-7(5-13)10-9-11-8(6(2)3)12-14-9/h6-7,13H,4-5H2,1-3H3,(H,10,11,12)/t7-/m1/s1. The Bertz CT molecular complexity index is 271. The first-order valence-electron chi connectivity index (χ1n) is 4.88. The van der Waals surface area contributed by atoms with Crippen molar-refractivity contribution in [3.8, 4) is 0 Å². The Morgan fingerprint density at radius 3 is 2.64 bits per heavy atom. The van der Waals surface area contributed by atoms with Crippen LogP contribution in [0.2, 0.25) is 0 Å². The van der Waals surface area contributed by atoms with Crippen molar-refractivity contribution in [3.05, 3.63) is 5.82 Å². The van der Waals surface area contributed by atoms with Gasteiger partial charge in [-0.25, -0.2) is 4.98 Å². The molecule has 0 saturated heterocycles. The molecule has 4 nitrogen and oxygen atoms in total. The van der Waals surface area contributed by atoms with Gasteiger partial charge in [0.05, 0.1) is 12.6 Å². The molecule has 0 aromatic carbocycles. The van der Waals surface area contributed by atoms with Crippen molar-refractivity contribution in [1.82, 2.24) is 9.36 Å². The number of hydrogen-bond donors (Lipinski definition) is 2. The lowest BCUT2D eigenvalue weighted by Crippen LogP contribution is -2.22. The summed E-state index contributed by atoms with van der Waals surface area (Å²) in [6, 6.07) is 0.0861. The smallest absolute Gasteiger partial charge is 0.202 e. The third-order valence-electron chi connectivity index (χ3n) is 2.00. The molecule has 0 unspecified atom stereocenters. The predicted octanol–water partition coefficient (Wildman–Crippen LogP) is 1.84. The molecule has 0 bridgehead atoms. The van der Waals surface area contributed by atoms with Crippen molar-refractivity contribution in [2.45, 2.75) is 39.2 Å². The average molecular weight is 215 g/mol. The predicted molar refractivity (Wildman–Crippen MR) is 58.8 cm³/mol. The van der Waals surface area contributed by atoms with Crippen LogP contribution in [0, 0.1) is 0 Å². The van der Waals surface area contributed by atoms with Crippen molar-refractivity contribution >= 4 is 16.7 Å². The molecule has 0 saturated carbocycles. The van der Waals surface area contributed by atoms with Gasteiger partial charge in [0.2, 0.25) is 5.13 Å². The Morgan fingerprint density at radius 2 is 2.21 bits per heavy atom. The van der Waals surface area contributed by atoms with Gasteiger partial charge in [-0.05, 0) is 6.42 Å². The van der Waals surface area contributed by atoms with Crippen LogP contribution >= 0.6 is 11.5 Å². The second-order valence-corrected chi connectivity index (χ2v) is 4.30. The van der Waals surface area contributed by atoms with Gasteiger partial charge in [0.15, 0.2) is 0 Å². The van der Waals surface area contributed by atoms with Gasteiger partial charge in [0.1, 0.15) is 5.82 Å². The number of aliphatic hydroxyl groups excluding tert-OH is 1. The molecule has 0 amide bonds. The third kappa shape index (κ3) is 2.92. The van der Waals surface area contributed by atoms with Crippen LogP contribution in [-0.2, 0) is 0 Å². The largest absolute Gasteiger partial charge is 0.394 e. The van der Waals surface area contributed by atoms with Gasteiger partial charge in [-0.3, -0.25) is 0 Å². The van der Waals surface area contributed by atoms with E-state index in [1.165, 1.54) is 11.5 Å². The summed E-state index contributed by atoms with van der Waals surface area (Å²) in [6.45, 7) is 6.29. The summed E-state index contributed by atoms with van der Waals surface area (Å²) in [7, 11) is 0. The summed E-state index contributed by atoms with van der Waals surface area (Å²) in [6.07, 6.45) is 0.882. The number of nitrogens with zero attached hydrogens (tertiary/aromatic N) is 2. The molecule has 14 heavy (non-hydrogen) atoms. The molecule has 1 aromatic heterocycles. The van der Waals surface area contributed by atoms with Crippen LogP contribution in [0.5, 0.6) is 0 Å². The summed E-state index contributed by atoms with van der Waals surface area (Å²) in [4.78, 5) is 4.33. The Morgan fingerprint density at radius 1 is 1.50 bits per heavy atom. The molecule has 1 heterocycles. The van der Waals surface area contributed by atoms with Crippen molar-refractivity contribution in [2.24, 2.45) is 0 Å². The Balaban J connectivity index is 2.58. The molecule has 1 atom stereocenters. The van der Waals surface area contributed by atoms with Gasteiger partial charge in [-0.1, -0.05) is 20.8 Å². The molecule has 0 radical (unpaired) electrons. The maximum atomic E-state index is 9.00. The molecular weight excluding hydrogens is 198 g/mol. The number of aliphatic hydroxyl groups is 1. The number of rotatable bonds is 5. The van der Waals surface area contributed by atoms with Crippen molar-refractivity contribution in [3.63, 3.8) is 0 Å². The lowest BCUT2D eigenvalue weighted by molar-refractivity contribution is 0.272. The normalized spacial score (nSPS) is 13.2. The summed E-state index contributed by atoms with van der Waals surface area (Å²) in [5, 5.41) is 12.9. The summed E-state index contributed by atoms with van der Waals surface area (Å²) >= 11 is 1.35. The van der Waals surface area contributed by atoms with Crippen LogP contribution < -0.4 is 5.32 Å². The summed E-state index contributed by atoms with van der Waals surface area (Å²) in [5.74, 6) is 1.22. The van der Waals surface area contributed by atoms with E-state index in [2.05, 4.69) is 28.5 Å². The maximum Gasteiger partial charge on any atom is 0.202 e. The van der Waals surface area contributed by atoms with E-state index in [1.807, 2.05) is 6.92 Å². The summed E-state index contributed by atoms with van der Waals surface area (Å²) < 4.78 is 4.22. The molecule has 0 aliphatic carbocycles. The van der Waals surface area contributed by atoms with Crippen LogP contribution in [-0.4, -0.2) is 27.1 Å². The molecule has 1 aromatic rings. The van der Waals surface area contributed by atoms with Gasteiger partial charge < -0.3 is 10.4 Å². The Hall–Kier alpha value is -0.680. The monoisotopic (exact) mass is 215 g/mol. The average Bonchev–Trinajstić information content (AvgIpc) is 2.62. The zero-order valence-electron chi connectivity index (χ0n) is 8.82. The van der Waals surface area contributed by atoms with Crippen LogP contribution in [0.1, 0.15) is 38.9 Å². The quantitative estimate of drug-likeness (QED) is 0.787. The zero-order valence-corrected chi connectivity index (χ0v) is 9.64. The van der Waals surface area contributed by atoms with Crippen LogP contribution in [0.4, 0.5) is 5.13 Å². The number of aromatic nitrogens is 2. The van der Waals surface area contributed by atoms with E-state index in [4.69, 9.17) is 5.11 Å². The van der Waals surface area contributed by atoms with E-state index in [1.54, 1.807) is 0 Å².